The molecule has 0 aliphatic carbocycles. The van der Waals surface area contributed by atoms with E-state index in [0.717, 1.165) is 31.0 Å². The van der Waals surface area contributed by atoms with Crippen LogP contribution in [-0.4, -0.2) is 39.5 Å². The first kappa shape index (κ1) is 18.4. The van der Waals surface area contributed by atoms with Crippen molar-refractivity contribution in [2.24, 2.45) is 5.92 Å². The van der Waals surface area contributed by atoms with Gasteiger partial charge in [-0.25, -0.2) is 0 Å². The zero-order valence-electron chi connectivity index (χ0n) is 13.4. The Labute approximate surface area is 134 Å². The van der Waals surface area contributed by atoms with Crippen LogP contribution in [0, 0.1) is 5.92 Å². The quantitative estimate of drug-likeness (QED) is 0.634. The van der Waals surface area contributed by atoms with Crippen LogP contribution < -0.4 is 5.32 Å². The number of hydrogen-bond acceptors (Lipinski definition) is 3. The lowest BCUT2D eigenvalue weighted by atomic mass is 9.96. The van der Waals surface area contributed by atoms with Gasteiger partial charge in [-0.15, -0.1) is 0 Å². The maximum atomic E-state index is 5.94. The molecule has 0 aliphatic rings. The highest BCUT2D eigenvalue weighted by molar-refractivity contribution is 6.30. The standard InChI is InChI=1S/C17H28ClNO2/c1-14(2)19-13-16(8-9-21-11-10-20-3)12-15-4-6-17(18)7-5-15/h4-7,14,16,19H,8-13H2,1-3H3. The van der Waals surface area contributed by atoms with E-state index in [-0.39, 0.29) is 0 Å². The first-order valence-electron chi connectivity index (χ1n) is 7.66. The van der Waals surface area contributed by atoms with Gasteiger partial charge in [0.05, 0.1) is 13.2 Å². The molecule has 120 valence electrons. The lowest BCUT2D eigenvalue weighted by Gasteiger charge is -2.19. The molecule has 0 aliphatic heterocycles. The molecule has 0 spiro atoms. The SMILES string of the molecule is COCCOCCC(CNC(C)C)Cc1ccc(Cl)cc1. The van der Waals surface area contributed by atoms with Crippen molar-refractivity contribution < 1.29 is 9.47 Å². The summed E-state index contributed by atoms with van der Waals surface area (Å²) in [5.74, 6) is 0.566. The van der Waals surface area contributed by atoms with Gasteiger partial charge < -0.3 is 14.8 Å². The van der Waals surface area contributed by atoms with Crippen LogP contribution in [0.3, 0.4) is 0 Å². The highest BCUT2D eigenvalue weighted by atomic mass is 35.5. The van der Waals surface area contributed by atoms with Gasteiger partial charge in [0, 0.05) is 24.8 Å². The van der Waals surface area contributed by atoms with Crippen molar-refractivity contribution in [2.75, 3.05) is 33.5 Å². The maximum absolute atomic E-state index is 5.94. The fourth-order valence-corrected chi connectivity index (χ4v) is 2.25. The zero-order valence-corrected chi connectivity index (χ0v) is 14.2. The summed E-state index contributed by atoms with van der Waals surface area (Å²) < 4.78 is 10.6. The summed E-state index contributed by atoms with van der Waals surface area (Å²) in [7, 11) is 1.69. The predicted octanol–water partition coefficient (Wildman–Crippen LogP) is 3.55. The Balaban J connectivity index is 2.41. The monoisotopic (exact) mass is 313 g/mol. The minimum Gasteiger partial charge on any atom is -0.382 e. The van der Waals surface area contributed by atoms with E-state index in [1.54, 1.807) is 7.11 Å². The number of nitrogens with one attached hydrogen (secondary N) is 1. The van der Waals surface area contributed by atoms with Crippen molar-refractivity contribution in [3.05, 3.63) is 34.9 Å². The molecule has 1 rings (SSSR count). The predicted molar refractivity (Wildman–Crippen MR) is 89.1 cm³/mol. The molecule has 21 heavy (non-hydrogen) atoms. The fraction of sp³-hybridized carbons (Fsp3) is 0.647. The lowest BCUT2D eigenvalue weighted by Crippen LogP contribution is -2.30. The van der Waals surface area contributed by atoms with Gasteiger partial charge in [0.15, 0.2) is 0 Å². The number of hydrogen-bond donors (Lipinski definition) is 1. The van der Waals surface area contributed by atoms with Crippen molar-refractivity contribution >= 4 is 11.6 Å². The topological polar surface area (TPSA) is 30.5 Å². The van der Waals surface area contributed by atoms with Crippen molar-refractivity contribution in [3.63, 3.8) is 0 Å². The van der Waals surface area contributed by atoms with Gasteiger partial charge in [-0.3, -0.25) is 0 Å². The van der Waals surface area contributed by atoms with Crippen LogP contribution in [0.4, 0.5) is 0 Å². The second kappa shape index (κ2) is 11.0. The van der Waals surface area contributed by atoms with Crippen LogP contribution in [-0.2, 0) is 15.9 Å². The molecule has 4 heteroatoms. The Hall–Kier alpha value is -0.610. The summed E-state index contributed by atoms with van der Waals surface area (Å²) in [6.07, 6.45) is 2.09. The second-order valence-corrected chi connectivity index (χ2v) is 6.09. The number of methoxy groups -OCH3 is 1. The summed E-state index contributed by atoms with van der Waals surface area (Å²) in [5.41, 5.74) is 1.33. The summed E-state index contributed by atoms with van der Waals surface area (Å²) in [5, 5.41) is 4.31. The van der Waals surface area contributed by atoms with Gasteiger partial charge in [0.25, 0.3) is 0 Å². The molecule has 0 aromatic heterocycles. The normalized spacial score (nSPS) is 12.8. The van der Waals surface area contributed by atoms with Crippen LogP contribution in [0.25, 0.3) is 0 Å². The molecule has 1 aromatic rings. The first-order chi connectivity index (χ1) is 10.1. The van der Waals surface area contributed by atoms with Crippen LogP contribution in [0.15, 0.2) is 24.3 Å². The number of rotatable bonds is 11. The molecule has 0 heterocycles. The number of ether oxygens (including phenoxy) is 2. The van der Waals surface area contributed by atoms with Crippen molar-refractivity contribution in [2.45, 2.75) is 32.7 Å². The van der Waals surface area contributed by atoms with Gasteiger partial charge >= 0.3 is 0 Å². The van der Waals surface area contributed by atoms with Gasteiger partial charge in [-0.2, -0.15) is 0 Å². The van der Waals surface area contributed by atoms with Gasteiger partial charge in [0.2, 0.25) is 0 Å². The Morgan fingerprint density at radius 3 is 2.43 bits per heavy atom. The van der Waals surface area contributed by atoms with E-state index in [9.17, 15) is 0 Å². The zero-order chi connectivity index (χ0) is 15.5. The molecule has 3 nitrogen and oxygen atoms in total. The van der Waals surface area contributed by atoms with Gasteiger partial charge in [0.1, 0.15) is 0 Å². The molecular formula is C17H28ClNO2. The highest BCUT2D eigenvalue weighted by Crippen LogP contribution is 2.15. The third kappa shape index (κ3) is 9.10. The minimum atomic E-state index is 0.507. The molecule has 0 saturated heterocycles. The molecule has 0 bridgehead atoms. The average molecular weight is 314 g/mol. The van der Waals surface area contributed by atoms with Crippen molar-refractivity contribution in [3.8, 4) is 0 Å². The van der Waals surface area contributed by atoms with E-state index >= 15 is 0 Å². The Morgan fingerprint density at radius 1 is 1.10 bits per heavy atom. The van der Waals surface area contributed by atoms with Gasteiger partial charge in [-0.1, -0.05) is 37.6 Å². The van der Waals surface area contributed by atoms with Crippen molar-refractivity contribution in [1.29, 1.82) is 0 Å². The molecule has 1 atom stereocenters. The summed E-state index contributed by atoms with van der Waals surface area (Å²) in [6.45, 7) is 7.46. The van der Waals surface area contributed by atoms with Crippen molar-refractivity contribution in [1.82, 2.24) is 5.32 Å². The van der Waals surface area contributed by atoms with E-state index in [0.29, 0.717) is 25.2 Å². The van der Waals surface area contributed by atoms with Crippen LogP contribution in [0.1, 0.15) is 25.8 Å². The minimum absolute atomic E-state index is 0.507. The molecule has 1 N–H and O–H groups in total. The summed E-state index contributed by atoms with van der Waals surface area (Å²) >= 11 is 5.94. The van der Waals surface area contributed by atoms with Crippen LogP contribution in [0.5, 0.6) is 0 Å². The van der Waals surface area contributed by atoms with Crippen LogP contribution >= 0.6 is 11.6 Å². The van der Waals surface area contributed by atoms with Crippen LogP contribution in [0.2, 0.25) is 5.02 Å². The molecule has 1 aromatic carbocycles. The summed E-state index contributed by atoms with van der Waals surface area (Å²) in [4.78, 5) is 0. The highest BCUT2D eigenvalue weighted by Gasteiger charge is 2.10. The molecular weight excluding hydrogens is 286 g/mol. The number of halogens is 1. The smallest absolute Gasteiger partial charge is 0.0700 e. The summed E-state index contributed by atoms with van der Waals surface area (Å²) in [6, 6.07) is 8.64. The molecule has 0 amide bonds. The first-order valence-corrected chi connectivity index (χ1v) is 8.04. The van der Waals surface area contributed by atoms with E-state index in [2.05, 4.69) is 31.3 Å². The van der Waals surface area contributed by atoms with Gasteiger partial charge in [-0.05, 0) is 43.0 Å². The molecule has 0 saturated carbocycles. The third-order valence-electron chi connectivity index (χ3n) is 3.35. The molecule has 0 fully saturated rings. The molecule has 1 unspecified atom stereocenters. The Bertz CT molecular complexity index is 368. The van der Waals surface area contributed by atoms with E-state index < -0.39 is 0 Å². The Kier molecular flexibility index (Phi) is 9.68. The molecule has 0 radical (unpaired) electrons. The Morgan fingerprint density at radius 2 is 1.81 bits per heavy atom. The maximum Gasteiger partial charge on any atom is 0.0700 e. The fourth-order valence-electron chi connectivity index (χ4n) is 2.13. The lowest BCUT2D eigenvalue weighted by molar-refractivity contribution is 0.0635. The second-order valence-electron chi connectivity index (χ2n) is 5.65. The van der Waals surface area contributed by atoms with E-state index in [1.165, 1.54) is 5.56 Å². The van der Waals surface area contributed by atoms with E-state index in [1.807, 2.05) is 12.1 Å². The van der Waals surface area contributed by atoms with E-state index in [4.69, 9.17) is 21.1 Å². The number of benzene rings is 1. The average Bonchev–Trinajstić information content (AvgIpc) is 2.46. The largest absolute Gasteiger partial charge is 0.382 e. The third-order valence-corrected chi connectivity index (χ3v) is 3.61.